The van der Waals surface area contributed by atoms with Gasteiger partial charge in [0.15, 0.2) is 17.3 Å². The molecule has 1 saturated heterocycles. The molecule has 1 atom stereocenters. The molecule has 0 radical (unpaired) electrons. The van der Waals surface area contributed by atoms with Crippen molar-refractivity contribution < 1.29 is 14.2 Å². The lowest BCUT2D eigenvalue weighted by Crippen LogP contribution is -2.37. The summed E-state index contributed by atoms with van der Waals surface area (Å²) in [6.45, 7) is 1.85. The van der Waals surface area contributed by atoms with E-state index in [-0.39, 0.29) is 0 Å². The Bertz CT molecular complexity index is 1040. The Morgan fingerprint density at radius 1 is 1.07 bits per heavy atom. The van der Waals surface area contributed by atoms with Crippen molar-refractivity contribution in [2.45, 2.75) is 19.3 Å². The van der Waals surface area contributed by atoms with Gasteiger partial charge in [-0.1, -0.05) is 23.7 Å². The van der Waals surface area contributed by atoms with E-state index in [0.29, 0.717) is 23.2 Å². The summed E-state index contributed by atoms with van der Waals surface area (Å²) in [4.78, 5) is 2.32. The van der Waals surface area contributed by atoms with E-state index in [0.717, 1.165) is 47.5 Å². The molecule has 0 amide bonds. The Kier molecular flexibility index (Phi) is 6.13. The fourth-order valence-electron chi connectivity index (χ4n) is 4.34. The topological polar surface area (TPSA) is 56.7 Å². The highest BCUT2D eigenvalue weighted by Gasteiger charge is 2.25. The number of ether oxygens (including phenoxy) is 3. The summed E-state index contributed by atoms with van der Waals surface area (Å²) in [5, 5.41) is 11.3. The lowest BCUT2D eigenvalue weighted by Gasteiger charge is -2.34. The molecule has 4 rings (SSSR count). The molecule has 3 aromatic rings. The first-order chi connectivity index (χ1) is 14.6. The molecule has 1 unspecified atom stereocenters. The molecule has 0 N–H and O–H groups in total. The van der Waals surface area contributed by atoms with E-state index < -0.39 is 0 Å². The molecule has 30 heavy (non-hydrogen) atoms. The Morgan fingerprint density at radius 3 is 2.63 bits per heavy atom. The minimum Gasteiger partial charge on any atom is -0.493 e. The highest BCUT2D eigenvalue weighted by atomic mass is 35.5. The standard InChI is InChI=1S/C23H26ClN3O3/c1-28-20-12-18-19(21(29-2)22(20)30-3)13-25-26-23(18)27-9-5-7-16(14-27)10-15-6-4-8-17(24)11-15/h4,6,8,11-13,16H,5,7,9-10,14H2,1-3H3. The van der Waals surface area contributed by atoms with Gasteiger partial charge in [0.1, 0.15) is 0 Å². The first-order valence-electron chi connectivity index (χ1n) is 10.1. The van der Waals surface area contributed by atoms with Gasteiger partial charge in [-0.25, -0.2) is 0 Å². The zero-order chi connectivity index (χ0) is 21.1. The van der Waals surface area contributed by atoms with E-state index in [4.69, 9.17) is 25.8 Å². The maximum Gasteiger partial charge on any atom is 0.204 e. The number of methoxy groups -OCH3 is 3. The zero-order valence-electron chi connectivity index (χ0n) is 17.5. The average Bonchev–Trinajstić information content (AvgIpc) is 2.77. The van der Waals surface area contributed by atoms with Gasteiger partial charge in [-0.05, 0) is 48.9 Å². The van der Waals surface area contributed by atoms with Crippen molar-refractivity contribution in [2.75, 3.05) is 39.3 Å². The molecule has 0 spiro atoms. The predicted octanol–water partition coefficient (Wildman–Crippen LogP) is 4.77. The van der Waals surface area contributed by atoms with E-state index in [1.54, 1.807) is 27.5 Å². The molecule has 1 aliphatic heterocycles. The fraction of sp³-hybridized carbons (Fsp3) is 0.391. The van der Waals surface area contributed by atoms with Crippen molar-refractivity contribution in [3.8, 4) is 17.2 Å². The van der Waals surface area contributed by atoms with Crippen LogP contribution in [0.5, 0.6) is 17.2 Å². The molecule has 158 valence electrons. The SMILES string of the molecule is COc1cc2c(N3CCCC(Cc4cccc(Cl)c4)C3)nncc2c(OC)c1OC. The second-order valence-electron chi connectivity index (χ2n) is 7.56. The zero-order valence-corrected chi connectivity index (χ0v) is 18.3. The molecule has 1 fully saturated rings. The molecule has 2 heterocycles. The highest BCUT2D eigenvalue weighted by Crippen LogP contribution is 2.45. The molecule has 6 nitrogen and oxygen atoms in total. The Balaban J connectivity index is 1.68. The molecular weight excluding hydrogens is 402 g/mol. The monoisotopic (exact) mass is 427 g/mol. The predicted molar refractivity (Wildman–Crippen MR) is 119 cm³/mol. The third-order valence-electron chi connectivity index (χ3n) is 5.68. The van der Waals surface area contributed by atoms with Gasteiger partial charge in [0.2, 0.25) is 5.75 Å². The second-order valence-corrected chi connectivity index (χ2v) is 8.00. The number of halogens is 1. The highest BCUT2D eigenvalue weighted by molar-refractivity contribution is 6.30. The number of aromatic nitrogens is 2. The minimum absolute atomic E-state index is 0.524. The summed E-state index contributed by atoms with van der Waals surface area (Å²) >= 11 is 6.17. The molecule has 0 aliphatic carbocycles. The maximum atomic E-state index is 6.17. The number of anilines is 1. The largest absolute Gasteiger partial charge is 0.493 e. The number of benzene rings is 2. The number of piperidine rings is 1. The van der Waals surface area contributed by atoms with Crippen LogP contribution in [-0.4, -0.2) is 44.6 Å². The van der Waals surface area contributed by atoms with E-state index >= 15 is 0 Å². The maximum absolute atomic E-state index is 6.17. The van der Waals surface area contributed by atoms with Gasteiger partial charge in [0.05, 0.1) is 32.9 Å². The van der Waals surface area contributed by atoms with Crippen molar-refractivity contribution >= 4 is 28.2 Å². The molecular formula is C23H26ClN3O3. The molecule has 0 saturated carbocycles. The van der Waals surface area contributed by atoms with Gasteiger partial charge in [-0.3, -0.25) is 0 Å². The molecule has 2 aromatic carbocycles. The molecule has 7 heteroatoms. The van der Waals surface area contributed by atoms with Crippen LogP contribution in [0.4, 0.5) is 5.82 Å². The summed E-state index contributed by atoms with van der Waals surface area (Å²) in [5.74, 6) is 3.15. The van der Waals surface area contributed by atoms with Gasteiger partial charge in [0, 0.05) is 23.5 Å². The Hall–Kier alpha value is -2.73. The van der Waals surface area contributed by atoms with Crippen LogP contribution in [0, 0.1) is 5.92 Å². The first-order valence-corrected chi connectivity index (χ1v) is 10.5. The fourth-order valence-corrected chi connectivity index (χ4v) is 4.55. The second kappa shape index (κ2) is 8.96. The van der Waals surface area contributed by atoms with Crippen molar-refractivity contribution in [3.63, 3.8) is 0 Å². The van der Waals surface area contributed by atoms with Gasteiger partial charge >= 0.3 is 0 Å². The summed E-state index contributed by atoms with van der Waals surface area (Å²) in [7, 11) is 4.85. The number of rotatable bonds is 6. The Morgan fingerprint density at radius 2 is 1.90 bits per heavy atom. The summed E-state index contributed by atoms with van der Waals surface area (Å²) in [5.41, 5.74) is 1.27. The molecule has 1 aliphatic rings. The number of hydrogen-bond acceptors (Lipinski definition) is 6. The third kappa shape index (κ3) is 3.97. The van der Waals surface area contributed by atoms with Gasteiger partial charge in [0.25, 0.3) is 0 Å². The number of nitrogens with zero attached hydrogens (tertiary/aromatic N) is 3. The summed E-state index contributed by atoms with van der Waals surface area (Å²) in [6.07, 6.45) is 5.00. The van der Waals surface area contributed by atoms with Crippen LogP contribution in [0.2, 0.25) is 5.02 Å². The van der Waals surface area contributed by atoms with Crippen molar-refractivity contribution in [1.82, 2.24) is 10.2 Å². The van der Waals surface area contributed by atoms with Crippen molar-refractivity contribution in [3.05, 3.63) is 47.1 Å². The number of hydrogen-bond donors (Lipinski definition) is 0. The third-order valence-corrected chi connectivity index (χ3v) is 5.92. The normalized spacial score (nSPS) is 16.5. The lowest BCUT2D eigenvalue weighted by molar-refractivity contribution is 0.327. The van der Waals surface area contributed by atoms with Gasteiger partial charge < -0.3 is 19.1 Å². The smallest absolute Gasteiger partial charge is 0.204 e. The molecule has 0 bridgehead atoms. The van der Waals surface area contributed by atoms with E-state index in [2.05, 4.69) is 27.2 Å². The van der Waals surface area contributed by atoms with E-state index in [1.165, 1.54) is 12.0 Å². The van der Waals surface area contributed by atoms with Crippen LogP contribution in [-0.2, 0) is 6.42 Å². The van der Waals surface area contributed by atoms with Crippen LogP contribution in [0.1, 0.15) is 18.4 Å². The minimum atomic E-state index is 0.524. The number of fused-ring (bicyclic) bond motifs is 1. The summed E-state index contributed by atoms with van der Waals surface area (Å²) < 4.78 is 16.7. The van der Waals surface area contributed by atoms with E-state index in [9.17, 15) is 0 Å². The first kappa shape index (κ1) is 20.5. The Labute approximate surface area is 181 Å². The van der Waals surface area contributed by atoms with Crippen LogP contribution in [0.3, 0.4) is 0 Å². The van der Waals surface area contributed by atoms with Crippen molar-refractivity contribution in [2.24, 2.45) is 5.92 Å². The van der Waals surface area contributed by atoms with Gasteiger partial charge in [-0.15, -0.1) is 5.10 Å². The summed E-state index contributed by atoms with van der Waals surface area (Å²) in [6, 6.07) is 10.1. The quantitative estimate of drug-likeness (QED) is 0.564. The van der Waals surface area contributed by atoms with Crippen LogP contribution in [0.25, 0.3) is 10.8 Å². The van der Waals surface area contributed by atoms with Gasteiger partial charge in [-0.2, -0.15) is 5.10 Å². The lowest BCUT2D eigenvalue weighted by atomic mass is 9.91. The van der Waals surface area contributed by atoms with Crippen LogP contribution < -0.4 is 19.1 Å². The van der Waals surface area contributed by atoms with Crippen LogP contribution in [0.15, 0.2) is 36.5 Å². The van der Waals surface area contributed by atoms with Crippen molar-refractivity contribution in [1.29, 1.82) is 0 Å². The molecule has 1 aromatic heterocycles. The average molecular weight is 428 g/mol. The van der Waals surface area contributed by atoms with E-state index in [1.807, 2.05) is 18.2 Å². The van der Waals surface area contributed by atoms with Crippen LogP contribution >= 0.6 is 11.6 Å².